The molecule has 1 amide bonds. The van der Waals surface area contributed by atoms with Gasteiger partial charge in [0.05, 0.1) is 11.7 Å². The summed E-state index contributed by atoms with van der Waals surface area (Å²) < 4.78 is 0.810. The number of rotatable bonds is 2. The summed E-state index contributed by atoms with van der Waals surface area (Å²) >= 11 is 3.38. The van der Waals surface area contributed by atoms with Gasteiger partial charge in [0, 0.05) is 10.5 Å². The highest BCUT2D eigenvalue weighted by Gasteiger charge is 2.28. The van der Waals surface area contributed by atoms with Crippen molar-refractivity contribution in [2.45, 2.75) is 31.9 Å². The number of aryl methyl sites for hydroxylation is 1. The average Bonchev–Trinajstić information content (AvgIpc) is 2.15. The molecule has 1 aromatic rings. The number of hydrogen-bond acceptors (Lipinski definition) is 2. The first-order valence-electron chi connectivity index (χ1n) is 5.31. The van der Waals surface area contributed by atoms with E-state index in [9.17, 15) is 4.79 Å². The molecule has 16 heavy (non-hydrogen) atoms. The van der Waals surface area contributed by atoms with Crippen molar-refractivity contribution in [3.05, 3.63) is 33.8 Å². The number of aliphatic hydroxyl groups is 1. The molecular weight excluding hydrogens is 270 g/mol. The molecule has 1 aromatic carbocycles. The molecule has 1 saturated carbocycles. The van der Waals surface area contributed by atoms with Gasteiger partial charge in [0.1, 0.15) is 0 Å². The van der Waals surface area contributed by atoms with Crippen molar-refractivity contribution in [2.75, 3.05) is 0 Å². The predicted octanol–water partition coefficient (Wildman–Crippen LogP) is 2.01. The zero-order valence-electron chi connectivity index (χ0n) is 9.03. The molecule has 3 nitrogen and oxygen atoms in total. The Morgan fingerprint density at radius 1 is 1.50 bits per heavy atom. The summed E-state index contributed by atoms with van der Waals surface area (Å²) in [4.78, 5) is 11.9. The number of amides is 1. The Bertz CT molecular complexity index is 413. The molecule has 0 atom stereocenters. The Labute approximate surface area is 103 Å². The highest BCUT2D eigenvalue weighted by atomic mass is 79.9. The van der Waals surface area contributed by atoms with Crippen molar-refractivity contribution >= 4 is 21.8 Å². The molecule has 1 aliphatic carbocycles. The molecule has 0 radical (unpaired) electrons. The highest BCUT2D eigenvalue weighted by Crippen LogP contribution is 2.22. The van der Waals surface area contributed by atoms with E-state index in [0.717, 1.165) is 10.0 Å². The molecule has 0 bridgehead atoms. The van der Waals surface area contributed by atoms with Crippen LogP contribution in [-0.4, -0.2) is 23.2 Å². The van der Waals surface area contributed by atoms with Crippen molar-refractivity contribution in [2.24, 2.45) is 0 Å². The van der Waals surface area contributed by atoms with E-state index >= 15 is 0 Å². The maximum absolute atomic E-state index is 11.9. The molecule has 1 aliphatic rings. The molecule has 2 rings (SSSR count). The standard InChI is InChI=1S/C12H14BrNO2/c1-7-2-3-10(11(13)4-7)12(16)14-8-5-9(15)6-8/h2-4,8-9,15H,5-6H2,1H3,(H,14,16). The van der Waals surface area contributed by atoms with Crippen molar-refractivity contribution < 1.29 is 9.90 Å². The monoisotopic (exact) mass is 283 g/mol. The van der Waals surface area contributed by atoms with Gasteiger partial charge in [-0.15, -0.1) is 0 Å². The van der Waals surface area contributed by atoms with Gasteiger partial charge in [0.25, 0.3) is 5.91 Å². The van der Waals surface area contributed by atoms with E-state index in [1.807, 2.05) is 25.1 Å². The number of benzene rings is 1. The fourth-order valence-corrected chi connectivity index (χ4v) is 2.45. The Morgan fingerprint density at radius 2 is 2.19 bits per heavy atom. The van der Waals surface area contributed by atoms with Crippen LogP contribution < -0.4 is 5.32 Å². The second-order valence-electron chi connectivity index (χ2n) is 4.28. The van der Waals surface area contributed by atoms with Crippen LogP contribution in [0.3, 0.4) is 0 Å². The van der Waals surface area contributed by atoms with Gasteiger partial charge < -0.3 is 10.4 Å². The van der Waals surface area contributed by atoms with Gasteiger partial charge in [-0.1, -0.05) is 6.07 Å². The second-order valence-corrected chi connectivity index (χ2v) is 5.13. The Balaban J connectivity index is 2.03. The predicted molar refractivity (Wildman–Crippen MR) is 65.4 cm³/mol. The van der Waals surface area contributed by atoms with Crippen LogP contribution in [0.2, 0.25) is 0 Å². The first-order chi connectivity index (χ1) is 7.56. The third-order valence-corrected chi connectivity index (χ3v) is 3.47. The number of carbonyl (C=O) groups excluding carboxylic acids is 1. The Hall–Kier alpha value is -0.870. The maximum Gasteiger partial charge on any atom is 0.252 e. The summed E-state index contributed by atoms with van der Waals surface area (Å²) in [5.41, 5.74) is 1.76. The van der Waals surface area contributed by atoms with E-state index in [1.54, 1.807) is 0 Å². The van der Waals surface area contributed by atoms with E-state index < -0.39 is 0 Å². The molecule has 0 aromatic heterocycles. The van der Waals surface area contributed by atoms with Crippen molar-refractivity contribution in [1.29, 1.82) is 0 Å². The van der Waals surface area contributed by atoms with E-state index in [-0.39, 0.29) is 18.1 Å². The Morgan fingerprint density at radius 3 is 2.75 bits per heavy atom. The lowest BCUT2D eigenvalue weighted by molar-refractivity contribution is 0.0562. The third kappa shape index (κ3) is 2.44. The molecule has 4 heteroatoms. The first-order valence-corrected chi connectivity index (χ1v) is 6.10. The minimum Gasteiger partial charge on any atom is -0.393 e. The number of hydrogen-bond donors (Lipinski definition) is 2. The molecule has 0 unspecified atom stereocenters. The molecule has 2 N–H and O–H groups in total. The van der Waals surface area contributed by atoms with Crippen LogP contribution in [0.4, 0.5) is 0 Å². The van der Waals surface area contributed by atoms with E-state index in [2.05, 4.69) is 21.2 Å². The Kier molecular flexibility index (Phi) is 3.30. The molecule has 0 heterocycles. The minimum atomic E-state index is -0.244. The van der Waals surface area contributed by atoms with E-state index in [4.69, 9.17) is 5.11 Å². The quantitative estimate of drug-likeness (QED) is 0.872. The van der Waals surface area contributed by atoms with Crippen LogP contribution in [-0.2, 0) is 0 Å². The van der Waals surface area contributed by atoms with Gasteiger partial charge in [-0.2, -0.15) is 0 Å². The lowest BCUT2D eigenvalue weighted by Crippen LogP contribution is -2.46. The molecular formula is C12H14BrNO2. The van der Waals surface area contributed by atoms with Crippen LogP contribution in [0.1, 0.15) is 28.8 Å². The molecule has 1 fully saturated rings. The van der Waals surface area contributed by atoms with E-state index in [1.165, 1.54) is 0 Å². The first kappa shape index (κ1) is 11.6. The van der Waals surface area contributed by atoms with Crippen molar-refractivity contribution in [3.63, 3.8) is 0 Å². The lowest BCUT2D eigenvalue weighted by Gasteiger charge is -2.32. The number of nitrogens with one attached hydrogen (secondary N) is 1. The van der Waals surface area contributed by atoms with Gasteiger partial charge in [0.15, 0.2) is 0 Å². The fourth-order valence-electron chi connectivity index (χ4n) is 1.77. The summed E-state index contributed by atoms with van der Waals surface area (Å²) in [5.74, 6) is -0.0798. The third-order valence-electron chi connectivity index (χ3n) is 2.82. The van der Waals surface area contributed by atoms with Crippen LogP contribution in [0.15, 0.2) is 22.7 Å². The molecule has 0 spiro atoms. The fraction of sp³-hybridized carbons (Fsp3) is 0.417. The lowest BCUT2D eigenvalue weighted by atomic mass is 9.89. The normalized spacial score (nSPS) is 23.7. The molecule has 0 aliphatic heterocycles. The van der Waals surface area contributed by atoms with Gasteiger partial charge in [-0.05, 0) is 53.4 Å². The number of aliphatic hydroxyl groups excluding tert-OH is 1. The summed E-state index contributed by atoms with van der Waals surface area (Å²) in [5, 5.41) is 12.0. The zero-order chi connectivity index (χ0) is 11.7. The minimum absolute atomic E-state index is 0.0798. The smallest absolute Gasteiger partial charge is 0.252 e. The summed E-state index contributed by atoms with van der Waals surface area (Å²) in [6.45, 7) is 1.98. The molecule has 0 saturated heterocycles. The summed E-state index contributed by atoms with van der Waals surface area (Å²) in [6, 6.07) is 5.76. The topological polar surface area (TPSA) is 49.3 Å². The zero-order valence-corrected chi connectivity index (χ0v) is 10.6. The van der Waals surface area contributed by atoms with Gasteiger partial charge in [-0.3, -0.25) is 4.79 Å². The van der Waals surface area contributed by atoms with Crippen molar-refractivity contribution in [1.82, 2.24) is 5.32 Å². The molecule has 86 valence electrons. The van der Waals surface area contributed by atoms with Gasteiger partial charge in [0.2, 0.25) is 0 Å². The van der Waals surface area contributed by atoms with Crippen LogP contribution in [0.25, 0.3) is 0 Å². The van der Waals surface area contributed by atoms with Gasteiger partial charge in [-0.25, -0.2) is 0 Å². The van der Waals surface area contributed by atoms with Gasteiger partial charge >= 0.3 is 0 Å². The summed E-state index contributed by atoms with van der Waals surface area (Å²) in [6.07, 6.45) is 1.08. The second kappa shape index (κ2) is 4.55. The number of carbonyl (C=O) groups is 1. The van der Waals surface area contributed by atoms with Crippen LogP contribution >= 0.6 is 15.9 Å². The largest absolute Gasteiger partial charge is 0.393 e. The van der Waals surface area contributed by atoms with Crippen molar-refractivity contribution in [3.8, 4) is 0 Å². The number of halogens is 1. The summed E-state index contributed by atoms with van der Waals surface area (Å²) in [7, 11) is 0. The maximum atomic E-state index is 11.9. The van der Waals surface area contributed by atoms with Crippen LogP contribution in [0.5, 0.6) is 0 Å². The van der Waals surface area contributed by atoms with Crippen LogP contribution in [0, 0.1) is 6.92 Å². The SMILES string of the molecule is Cc1ccc(C(=O)NC2CC(O)C2)c(Br)c1. The average molecular weight is 284 g/mol. The highest BCUT2D eigenvalue weighted by molar-refractivity contribution is 9.10. The van der Waals surface area contributed by atoms with E-state index in [0.29, 0.717) is 18.4 Å².